The van der Waals surface area contributed by atoms with Gasteiger partial charge in [0.25, 0.3) is 0 Å². The van der Waals surface area contributed by atoms with Crippen molar-refractivity contribution < 1.29 is 5.11 Å². The molecule has 2 N–H and O–H groups in total. The topological polar surface area (TPSA) is 56.0 Å². The molecule has 0 spiro atoms. The Kier molecular flexibility index (Phi) is 6.99. The van der Waals surface area contributed by atoms with Crippen LogP contribution in [0.15, 0.2) is 0 Å². The first-order valence-electron chi connectivity index (χ1n) is 5.25. The standard InChI is InChI=1S/C11H22N2OS/c1-9(10(7-14)15-4)13-6-5-11(2,3)8-12/h9-10,13-14H,5-7H2,1-4H3. The first kappa shape index (κ1) is 14.8. The van der Waals surface area contributed by atoms with E-state index in [2.05, 4.69) is 18.3 Å². The van der Waals surface area contributed by atoms with Gasteiger partial charge in [0.1, 0.15) is 0 Å². The summed E-state index contributed by atoms with van der Waals surface area (Å²) < 4.78 is 0. The molecule has 0 aromatic heterocycles. The van der Waals surface area contributed by atoms with E-state index in [1.807, 2.05) is 20.1 Å². The zero-order valence-corrected chi connectivity index (χ0v) is 10.9. The van der Waals surface area contributed by atoms with Crippen molar-refractivity contribution in [3.63, 3.8) is 0 Å². The summed E-state index contributed by atoms with van der Waals surface area (Å²) in [4.78, 5) is 0. The van der Waals surface area contributed by atoms with Crippen LogP contribution in [0.3, 0.4) is 0 Å². The molecular formula is C11H22N2OS. The summed E-state index contributed by atoms with van der Waals surface area (Å²) >= 11 is 1.66. The highest BCUT2D eigenvalue weighted by Crippen LogP contribution is 2.18. The lowest BCUT2D eigenvalue weighted by molar-refractivity contribution is 0.274. The van der Waals surface area contributed by atoms with E-state index in [1.54, 1.807) is 11.8 Å². The third kappa shape index (κ3) is 6.03. The zero-order valence-electron chi connectivity index (χ0n) is 10.1. The van der Waals surface area contributed by atoms with Gasteiger partial charge in [0.15, 0.2) is 0 Å². The van der Waals surface area contributed by atoms with E-state index in [0.29, 0.717) is 0 Å². The van der Waals surface area contributed by atoms with Crippen LogP contribution in [0.25, 0.3) is 0 Å². The van der Waals surface area contributed by atoms with Crippen molar-refractivity contribution in [1.82, 2.24) is 5.32 Å². The lowest BCUT2D eigenvalue weighted by atomic mass is 9.91. The van der Waals surface area contributed by atoms with Crippen molar-refractivity contribution in [1.29, 1.82) is 5.26 Å². The fourth-order valence-electron chi connectivity index (χ4n) is 1.24. The van der Waals surface area contributed by atoms with Gasteiger partial charge in [0.05, 0.1) is 18.1 Å². The third-order valence-corrected chi connectivity index (χ3v) is 3.72. The van der Waals surface area contributed by atoms with Gasteiger partial charge in [-0.05, 0) is 40.0 Å². The molecule has 0 aromatic rings. The van der Waals surface area contributed by atoms with Crippen molar-refractivity contribution in [2.75, 3.05) is 19.4 Å². The second-order valence-electron chi connectivity index (χ2n) is 4.45. The van der Waals surface area contributed by atoms with Crippen LogP contribution in [0.4, 0.5) is 0 Å². The number of nitrogens with zero attached hydrogens (tertiary/aromatic N) is 1. The first-order chi connectivity index (χ1) is 6.96. The number of rotatable bonds is 7. The van der Waals surface area contributed by atoms with Crippen LogP contribution in [0.2, 0.25) is 0 Å². The summed E-state index contributed by atoms with van der Waals surface area (Å²) in [6.07, 6.45) is 2.83. The molecule has 0 aromatic carbocycles. The molecule has 0 rings (SSSR count). The number of aliphatic hydroxyl groups is 1. The van der Waals surface area contributed by atoms with E-state index < -0.39 is 0 Å². The molecule has 0 amide bonds. The molecular weight excluding hydrogens is 208 g/mol. The summed E-state index contributed by atoms with van der Waals surface area (Å²) in [6, 6.07) is 2.55. The second kappa shape index (κ2) is 7.10. The maximum atomic E-state index is 9.09. The van der Waals surface area contributed by atoms with Crippen LogP contribution in [0.1, 0.15) is 27.2 Å². The van der Waals surface area contributed by atoms with Crippen LogP contribution < -0.4 is 5.32 Å². The van der Waals surface area contributed by atoms with Gasteiger partial charge in [0.2, 0.25) is 0 Å². The Morgan fingerprint density at radius 1 is 1.53 bits per heavy atom. The maximum absolute atomic E-state index is 9.09. The van der Waals surface area contributed by atoms with Crippen molar-refractivity contribution in [2.24, 2.45) is 5.41 Å². The van der Waals surface area contributed by atoms with E-state index in [1.165, 1.54) is 0 Å². The van der Waals surface area contributed by atoms with E-state index in [9.17, 15) is 0 Å². The van der Waals surface area contributed by atoms with Crippen molar-refractivity contribution >= 4 is 11.8 Å². The summed E-state index contributed by atoms with van der Waals surface area (Å²) in [6.45, 7) is 6.96. The predicted molar refractivity (Wildman–Crippen MR) is 65.9 cm³/mol. The quantitative estimate of drug-likeness (QED) is 0.698. The molecule has 88 valence electrons. The second-order valence-corrected chi connectivity index (χ2v) is 5.52. The number of nitrogens with one attached hydrogen (secondary N) is 1. The highest BCUT2D eigenvalue weighted by atomic mass is 32.2. The number of nitriles is 1. The fourth-order valence-corrected chi connectivity index (χ4v) is 1.89. The molecule has 0 bridgehead atoms. The van der Waals surface area contributed by atoms with Gasteiger partial charge in [-0.25, -0.2) is 0 Å². The van der Waals surface area contributed by atoms with Crippen LogP contribution in [-0.4, -0.2) is 35.8 Å². The van der Waals surface area contributed by atoms with E-state index in [-0.39, 0.29) is 23.3 Å². The van der Waals surface area contributed by atoms with E-state index >= 15 is 0 Å². The average Bonchev–Trinajstić information content (AvgIpc) is 2.19. The van der Waals surface area contributed by atoms with Gasteiger partial charge < -0.3 is 10.4 Å². The normalized spacial score (nSPS) is 15.7. The molecule has 0 saturated heterocycles. The SMILES string of the molecule is CSC(CO)C(C)NCCC(C)(C)C#N. The molecule has 3 nitrogen and oxygen atoms in total. The van der Waals surface area contributed by atoms with Crippen molar-refractivity contribution in [3.8, 4) is 6.07 Å². The van der Waals surface area contributed by atoms with E-state index in [0.717, 1.165) is 13.0 Å². The fraction of sp³-hybridized carbons (Fsp3) is 0.909. The molecule has 0 fully saturated rings. The predicted octanol–water partition coefficient (Wildman–Crippen LogP) is 1.63. The molecule has 4 heteroatoms. The number of thioether (sulfide) groups is 1. The average molecular weight is 230 g/mol. The smallest absolute Gasteiger partial charge is 0.0684 e. The lowest BCUT2D eigenvalue weighted by Crippen LogP contribution is -2.39. The molecule has 0 saturated carbocycles. The van der Waals surface area contributed by atoms with Crippen LogP contribution in [0, 0.1) is 16.7 Å². The molecule has 0 aliphatic carbocycles. The molecule has 0 radical (unpaired) electrons. The molecule has 0 aliphatic heterocycles. The lowest BCUT2D eigenvalue weighted by Gasteiger charge is -2.23. The Morgan fingerprint density at radius 3 is 2.53 bits per heavy atom. The monoisotopic (exact) mass is 230 g/mol. The summed E-state index contributed by atoms with van der Waals surface area (Å²) in [5.41, 5.74) is -0.263. The Bertz CT molecular complexity index is 209. The minimum Gasteiger partial charge on any atom is -0.395 e. The van der Waals surface area contributed by atoms with Gasteiger partial charge in [-0.1, -0.05) is 0 Å². The molecule has 15 heavy (non-hydrogen) atoms. The van der Waals surface area contributed by atoms with Gasteiger partial charge in [-0.3, -0.25) is 0 Å². The zero-order chi connectivity index (χ0) is 11.9. The number of aliphatic hydroxyl groups excluding tert-OH is 1. The minimum absolute atomic E-state index is 0.191. The number of hydrogen-bond donors (Lipinski definition) is 2. The van der Waals surface area contributed by atoms with Crippen LogP contribution in [0.5, 0.6) is 0 Å². The largest absolute Gasteiger partial charge is 0.395 e. The Labute approximate surface area is 97.2 Å². The Hall–Kier alpha value is -0.240. The highest BCUT2D eigenvalue weighted by Gasteiger charge is 2.18. The van der Waals surface area contributed by atoms with Crippen LogP contribution in [-0.2, 0) is 0 Å². The molecule has 0 heterocycles. The van der Waals surface area contributed by atoms with Crippen molar-refractivity contribution in [3.05, 3.63) is 0 Å². The highest BCUT2D eigenvalue weighted by molar-refractivity contribution is 7.99. The molecule has 2 atom stereocenters. The van der Waals surface area contributed by atoms with Gasteiger partial charge in [-0.15, -0.1) is 0 Å². The first-order valence-corrected chi connectivity index (χ1v) is 6.54. The Morgan fingerprint density at radius 2 is 2.13 bits per heavy atom. The van der Waals surface area contributed by atoms with Crippen LogP contribution >= 0.6 is 11.8 Å². The summed E-state index contributed by atoms with van der Waals surface area (Å²) in [5, 5.41) is 21.5. The summed E-state index contributed by atoms with van der Waals surface area (Å²) in [7, 11) is 0. The number of hydrogen-bond acceptors (Lipinski definition) is 4. The molecule has 0 aliphatic rings. The maximum Gasteiger partial charge on any atom is 0.0684 e. The van der Waals surface area contributed by atoms with Crippen molar-refractivity contribution in [2.45, 2.75) is 38.5 Å². The Balaban J connectivity index is 3.82. The van der Waals surface area contributed by atoms with Gasteiger partial charge in [0, 0.05) is 11.3 Å². The van der Waals surface area contributed by atoms with E-state index in [4.69, 9.17) is 10.4 Å². The molecule has 2 unspecified atom stereocenters. The third-order valence-electron chi connectivity index (χ3n) is 2.56. The van der Waals surface area contributed by atoms with Gasteiger partial charge in [-0.2, -0.15) is 17.0 Å². The summed E-state index contributed by atoms with van der Waals surface area (Å²) in [5.74, 6) is 0. The minimum atomic E-state index is -0.263. The van der Waals surface area contributed by atoms with Gasteiger partial charge >= 0.3 is 0 Å².